The zero-order valence-electron chi connectivity index (χ0n) is 19.8. The Morgan fingerprint density at radius 1 is 1.10 bits per heavy atom. The number of rotatable bonds is 8. The second kappa shape index (κ2) is 12.9. The quantitative estimate of drug-likeness (QED) is 0.480. The molecule has 3 saturated heterocycles. The third kappa shape index (κ3) is 8.01. The van der Waals surface area contributed by atoms with Crippen LogP contribution in [0.25, 0.3) is 0 Å². The van der Waals surface area contributed by atoms with Gasteiger partial charge < -0.3 is 24.6 Å². The third-order valence-corrected chi connectivity index (χ3v) is 6.59. The fourth-order valence-electron chi connectivity index (χ4n) is 5.04. The van der Waals surface area contributed by atoms with Gasteiger partial charge in [0, 0.05) is 45.9 Å². The van der Waals surface area contributed by atoms with Gasteiger partial charge in [-0.3, -0.25) is 4.99 Å². The summed E-state index contributed by atoms with van der Waals surface area (Å²) in [6, 6.07) is 0. The Balaban J connectivity index is 1.42. The van der Waals surface area contributed by atoms with Crippen molar-refractivity contribution in [1.82, 2.24) is 15.1 Å². The van der Waals surface area contributed by atoms with Crippen molar-refractivity contribution in [2.75, 3.05) is 59.0 Å². The number of nitrogens with zero attached hydrogens (tertiary/aromatic N) is 3. The fraction of sp³-hybridized carbons (Fsp3) is 0.958. The molecule has 3 aliphatic rings. The van der Waals surface area contributed by atoms with Crippen LogP contribution in [0.5, 0.6) is 0 Å². The molecule has 2 unspecified atom stereocenters. The number of piperidine rings is 2. The van der Waals surface area contributed by atoms with Crippen molar-refractivity contribution in [2.24, 2.45) is 16.8 Å². The molecule has 0 radical (unpaired) electrons. The number of nitrogens with one attached hydrogen (secondary N) is 1. The number of guanidine groups is 1. The predicted molar refractivity (Wildman–Crippen MR) is 124 cm³/mol. The van der Waals surface area contributed by atoms with Crippen LogP contribution in [0.2, 0.25) is 0 Å². The van der Waals surface area contributed by atoms with E-state index in [0.29, 0.717) is 18.1 Å². The van der Waals surface area contributed by atoms with Crippen molar-refractivity contribution in [3.63, 3.8) is 0 Å². The second-order valence-electron chi connectivity index (χ2n) is 9.86. The number of hydrogen-bond donors (Lipinski definition) is 1. The van der Waals surface area contributed by atoms with E-state index in [4.69, 9.17) is 14.5 Å². The van der Waals surface area contributed by atoms with E-state index in [0.717, 1.165) is 70.5 Å². The van der Waals surface area contributed by atoms with Crippen molar-refractivity contribution in [2.45, 2.75) is 77.9 Å². The van der Waals surface area contributed by atoms with Crippen LogP contribution in [-0.4, -0.2) is 87.0 Å². The molecular weight excluding hydrogens is 376 g/mol. The lowest BCUT2D eigenvalue weighted by atomic mass is 9.97. The number of hydrogen-bond acceptors (Lipinski definition) is 4. The van der Waals surface area contributed by atoms with E-state index in [2.05, 4.69) is 35.9 Å². The first-order chi connectivity index (χ1) is 14.6. The summed E-state index contributed by atoms with van der Waals surface area (Å²) < 4.78 is 12.0. The smallest absolute Gasteiger partial charge is 0.193 e. The lowest BCUT2D eigenvalue weighted by molar-refractivity contribution is -0.0721. The summed E-state index contributed by atoms with van der Waals surface area (Å²) in [5.41, 5.74) is 0. The monoisotopic (exact) mass is 422 g/mol. The van der Waals surface area contributed by atoms with E-state index in [9.17, 15) is 0 Å². The minimum absolute atomic E-state index is 0.321. The van der Waals surface area contributed by atoms with Crippen LogP contribution in [0.15, 0.2) is 4.99 Å². The molecule has 3 heterocycles. The van der Waals surface area contributed by atoms with Gasteiger partial charge in [-0.15, -0.1) is 0 Å². The third-order valence-electron chi connectivity index (χ3n) is 6.59. The maximum absolute atomic E-state index is 6.19. The largest absolute Gasteiger partial charge is 0.376 e. The van der Waals surface area contributed by atoms with Crippen molar-refractivity contribution in [3.8, 4) is 0 Å². The number of ether oxygens (including phenoxy) is 2. The molecule has 0 aliphatic carbocycles. The maximum atomic E-state index is 6.19. The van der Waals surface area contributed by atoms with Crippen molar-refractivity contribution < 1.29 is 9.47 Å². The van der Waals surface area contributed by atoms with Gasteiger partial charge in [0.2, 0.25) is 0 Å². The van der Waals surface area contributed by atoms with Crippen LogP contribution >= 0.6 is 0 Å². The van der Waals surface area contributed by atoms with Gasteiger partial charge in [-0.2, -0.15) is 0 Å². The number of likely N-dealkylation sites (tertiary alicyclic amines) is 2. The molecule has 0 aromatic heterocycles. The highest BCUT2D eigenvalue weighted by Crippen LogP contribution is 2.20. The molecule has 2 atom stereocenters. The van der Waals surface area contributed by atoms with E-state index < -0.39 is 0 Å². The molecule has 3 rings (SSSR count). The highest BCUT2D eigenvalue weighted by molar-refractivity contribution is 5.80. The second-order valence-corrected chi connectivity index (χ2v) is 9.86. The average Bonchev–Trinajstić information content (AvgIpc) is 2.76. The van der Waals surface area contributed by atoms with Crippen molar-refractivity contribution in [3.05, 3.63) is 0 Å². The Labute approximate surface area is 184 Å². The van der Waals surface area contributed by atoms with E-state index in [1.54, 1.807) is 0 Å². The van der Waals surface area contributed by atoms with Gasteiger partial charge in [0.25, 0.3) is 0 Å². The topological polar surface area (TPSA) is 49.3 Å². The molecule has 3 fully saturated rings. The van der Waals surface area contributed by atoms with Gasteiger partial charge in [0.1, 0.15) is 0 Å². The Kier molecular flexibility index (Phi) is 10.2. The number of aliphatic imine (C=N–C) groups is 1. The zero-order valence-corrected chi connectivity index (χ0v) is 19.8. The Morgan fingerprint density at radius 3 is 2.63 bits per heavy atom. The summed E-state index contributed by atoms with van der Waals surface area (Å²) >= 11 is 0. The van der Waals surface area contributed by atoms with Crippen LogP contribution in [0, 0.1) is 11.8 Å². The fourth-order valence-corrected chi connectivity index (χ4v) is 5.04. The molecule has 0 aromatic carbocycles. The Bertz CT molecular complexity index is 499. The lowest BCUT2D eigenvalue weighted by Gasteiger charge is -2.36. The SMILES string of the molecule is CCNC(=NCC1CCCN(CC(C)C)C1)N1CCC(OCC2CCCCO2)CC1. The average molecular weight is 423 g/mol. The van der Waals surface area contributed by atoms with Crippen molar-refractivity contribution >= 4 is 5.96 Å². The minimum atomic E-state index is 0.321. The summed E-state index contributed by atoms with van der Waals surface area (Å²) in [6.07, 6.45) is 9.15. The van der Waals surface area contributed by atoms with Gasteiger partial charge in [0.05, 0.1) is 18.8 Å². The Hall–Kier alpha value is -0.850. The normalized spacial score (nSPS) is 27.6. The molecule has 1 N–H and O–H groups in total. The van der Waals surface area contributed by atoms with Crippen LogP contribution in [0.1, 0.15) is 65.7 Å². The summed E-state index contributed by atoms with van der Waals surface area (Å²) in [7, 11) is 0. The summed E-state index contributed by atoms with van der Waals surface area (Å²) in [4.78, 5) is 10.1. The maximum Gasteiger partial charge on any atom is 0.193 e. The van der Waals surface area contributed by atoms with Crippen LogP contribution < -0.4 is 5.32 Å². The highest BCUT2D eigenvalue weighted by Gasteiger charge is 2.25. The van der Waals surface area contributed by atoms with Crippen LogP contribution in [0.3, 0.4) is 0 Å². The molecule has 0 aromatic rings. The van der Waals surface area contributed by atoms with Crippen LogP contribution in [-0.2, 0) is 9.47 Å². The lowest BCUT2D eigenvalue weighted by Crippen LogP contribution is -2.47. The molecule has 174 valence electrons. The van der Waals surface area contributed by atoms with Crippen molar-refractivity contribution in [1.29, 1.82) is 0 Å². The zero-order chi connectivity index (χ0) is 21.2. The van der Waals surface area contributed by atoms with E-state index in [1.807, 2.05) is 0 Å². The molecule has 0 spiro atoms. The van der Waals surface area contributed by atoms with Gasteiger partial charge in [0.15, 0.2) is 5.96 Å². The molecule has 30 heavy (non-hydrogen) atoms. The summed E-state index contributed by atoms with van der Waals surface area (Å²) in [5, 5.41) is 3.54. The van der Waals surface area contributed by atoms with Gasteiger partial charge >= 0.3 is 0 Å². The highest BCUT2D eigenvalue weighted by atomic mass is 16.5. The first-order valence-corrected chi connectivity index (χ1v) is 12.6. The Morgan fingerprint density at radius 2 is 1.93 bits per heavy atom. The molecule has 0 amide bonds. The van der Waals surface area contributed by atoms with E-state index in [-0.39, 0.29) is 0 Å². The molecule has 3 aliphatic heterocycles. The predicted octanol–water partition coefficient (Wildman–Crippen LogP) is 3.37. The molecule has 6 heteroatoms. The van der Waals surface area contributed by atoms with Gasteiger partial charge in [-0.05, 0) is 70.3 Å². The van der Waals surface area contributed by atoms with E-state index >= 15 is 0 Å². The minimum Gasteiger partial charge on any atom is -0.376 e. The molecular formula is C24H46N4O2. The standard InChI is InChI=1S/C24H46N4O2/c1-4-25-24(26-16-21-8-7-12-27(18-21)17-20(2)3)28-13-10-22(11-14-28)30-19-23-9-5-6-15-29-23/h20-23H,4-19H2,1-3H3,(H,25,26). The summed E-state index contributed by atoms with van der Waals surface area (Å²) in [6.45, 7) is 16.1. The first-order valence-electron chi connectivity index (χ1n) is 12.6. The molecule has 0 saturated carbocycles. The van der Waals surface area contributed by atoms with Crippen LogP contribution in [0.4, 0.5) is 0 Å². The first kappa shape index (κ1) is 23.8. The molecule has 0 bridgehead atoms. The van der Waals surface area contributed by atoms with Gasteiger partial charge in [-0.25, -0.2) is 0 Å². The molecule has 6 nitrogen and oxygen atoms in total. The van der Waals surface area contributed by atoms with E-state index in [1.165, 1.54) is 45.3 Å². The summed E-state index contributed by atoms with van der Waals surface area (Å²) in [5.74, 6) is 2.55. The van der Waals surface area contributed by atoms with Gasteiger partial charge in [-0.1, -0.05) is 13.8 Å².